The van der Waals surface area contributed by atoms with E-state index in [4.69, 9.17) is 4.74 Å². The van der Waals surface area contributed by atoms with E-state index < -0.39 is 11.7 Å². The van der Waals surface area contributed by atoms with Crippen molar-refractivity contribution in [3.05, 3.63) is 41.5 Å². The van der Waals surface area contributed by atoms with Crippen molar-refractivity contribution in [1.82, 2.24) is 10.6 Å². The molecule has 110 valence electrons. The number of nitrogens with one attached hydrogen (secondary N) is 2. The molecule has 0 bridgehead atoms. The summed E-state index contributed by atoms with van der Waals surface area (Å²) < 4.78 is 5.15. The lowest BCUT2D eigenvalue weighted by atomic mass is 10.1. The predicted octanol–water partition coefficient (Wildman–Crippen LogP) is 2.94. The minimum absolute atomic E-state index is 0.397. The summed E-state index contributed by atoms with van der Waals surface area (Å²) in [4.78, 5) is 11.4. The summed E-state index contributed by atoms with van der Waals surface area (Å²) in [6.07, 6.45) is 3.49. The Kier molecular flexibility index (Phi) is 6.25. The predicted molar refractivity (Wildman–Crippen MR) is 82.5 cm³/mol. The highest BCUT2D eigenvalue weighted by molar-refractivity contribution is 5.68. The molecule has 2 N–H and O–H groups in total. The zero-order valence-electron chi connectivity index (χ0n) is 12.7. The van der Waals surface area contributed by atoms with Crippen molar-refractivity contribution in [3.8, 4) is 0 Å². The van der Waals surface area contributed by atoms with Crippen molar-refractivity contribution < 1.29 is 9.53 Å². The van der Waals surface area contributed by atoms with Crippen LogP contribution in [0.5, 0.6) is 0 Å². The highest BCUT2D eigenvalue weighted by Crippen LogP contribution is 2.07. The molecule has 1 aromatic carbocycles. The minimum Gasteiger partial charge on any atom is -0.444 e. The largest absolute Gasteiger partial charge is 0.444 e. The molecule has 0 aromatic heterocycles. The van der Waals surface area contributed by atoms with E-state index in [-0.39, 0.29) is 0 Å². The molecule has 0 fully saturated rings. The van der Waals surface area contributed by atoms with Crippen LogP contribution in [-0.2, 0) is 11.3 Å². The van der Waals surface area contributed by atoms with E-state index >= 15 is 0 Å². The van der Waals surface area contributed by atoms with Crippen molar-refractivity contribution in [2.75, 3.05) is 13.6 Å². The van der Waals surface area contributed by atoms with Gasteiger partial charge in [-0.1, -0.05) is 36.4 Å². The Morgan fingerprint density at radius 2 is 2.10 bits per heavy atom. The van der Waals surface area contributed by atoms with Crippen LogP contribution in [0.15, 0.2) is 30.3 Å². The molecule has 0 atom stereocenters. The van der Waals surface area contributed by atoms with Gasteiger partial charge in [0.25, 0.3) is 0 Å². The van der Waals surface area contributed by atoms with Crippen LogP contribution in [0.2, 0.25) is 0 Å². The molecule has 1 aromatic rings. The second kappa shape index (κ2) is 7.70. The molecular weight excluding hydrogens is 252 g/mol. The van der Waals surface area contributed by atoms with E-state index in [1.807, 2.05) is 52.1 Å². The van der Waals surface area contributed by atoms with Gasteiger partial charge in [0.15, 0.2) is 0 Å². The maximum atomic E-state index is 11.4. The fourth-order valence-electron chi connectivity index (χ4n) is 1.66. The minimum atomic E-state index is -0.463. The normalized spacial score (nSPS) is 11.6. The standard InChI is InChI=1S/C16H24N2O2/c1-16(2,3)20-15(19)18-10-6-9-13-7-5-8-14(11-13)12-17-4/h5-9,11,17H,10,12H2,1-4H3,(H,18,19). The van der Waals surface area contributed by atoms with Crippen molar-refractivity contribution >= 4 is 12.2 Å². The van der Waals surface area contributed by atoms with Crippen LogP contribution >= 0.6 is 0 Å². The first-order chi connectivity index (χ1) is 9.40. The summed E-state index contributed by atoms with van der Waals surface area (Å²) >= 11 is 0. The van der Waals surface area contributed by atoms with Gasteiger partial charge in [-0.2, -0.15) is 0 Å². The van der Waals surface area contributed by atoms with Crippen LogP contribution in [0, 0.1) is 0 Å². The third-order valence-corrected chi connectivity index (χ3v) is 2.41. The van der Waals surface area contributed by atoms with E-state index in [0.717, 1.165) is 12.1 Å². The van der Waals surface area contributed by atoms with Crippen LogP contribution in [0.25, 0.3) is 6.08 Å². The van der Waals surface area contributed by atoms with Crippen molar-refractivity contribution in [2.45, 2.75) is 32.9 Å². The number of carbonyl (C=O) groups is 1. The van der Waals surface area contributed by atoms with Gasteiger partial charge in [0, 0.05) is 13.1 Å². The van der Waals surface area contributed by atoms with Gasteiger partial charge in [0.2, 0.25) is 0 Å². The monoisotopic (exact) mass is 276 g/mol. The highest BCUT2D eigenvalue weighted by atomic mass is 16.6. The third-order valence-electron chi connectivity index (χ3n) is 2.41. The van der Waals surface area contributed by atoms with Crippen LogP contribution in [0.3, 0.4) is 0 Å². The molecule has 4 nitrogen and oxygen atoms in total. The van der Waals surface area contributed by atoms with Gasteiger partial charge in [-0.05, 0) is 38.9 Å². The smallest absolute Gasteiger partial charge is 0.407 e. The van der Waals surface area contributed by atoms with E-state index in [2.05, 4.69) is 22.8 Å². The summed E-state index contributed by atoms with van der Waals surface area (Å²) in [6.45, 7) is 6.82. The number of rotatable bonds is 5. The molecule has 0 aliphatic heterocycles. The molecule has 1 rings (SSSR count). The number of carbonyl (C=O) groups excluding carboxylic acids is 1. The number of hydrogen-bond donors (Lipinski definition) is 2. The van der Waals surface area contributed by atoms with Crippen LogP contribution in [0.4, 0.5) is 4.79 Å². The number of benzene rings is 1. The fraction of sp³-hybridized carbons (Fsp3) is 0.438. The van der Waals surface area contributed by atoms with Gasteiger partial charge in [-0.15, -0.1) is 0 Å². The number of ether oxygens (including phenoxy) is 1. The quantitative estimate of drug-likeness (QED) is 0.869. The Balaban J connectivity index is 2.41. The van der Waals surface area contributed by atoms with Crippen LogP contribution < -0.4 is 10.6 Å². The number of amides is 1. The van der Waals surface area contributed by atoms with E-state index in [0.29, 0.717) is 6.54 Å². The third kappa shape index (κ3) is 6.95. The van der Waals surface area contributed by atoms with Gasteiger partial charge in [0.1, 0.15) is 5.60 Å². The Labute approximate surface area is 121 Å². The van der Waals surface area contributed by atoms with Crippen molar-refractivity contribution in [3.63, 3.8) is 0 Å². The van der Waals surface area contributed by atoms with Gasteiger partial charge in [-0.3, -0.25) is 0 Å². The summed E-state index contributed by atoms with van der Waals surface area (Å²) in [5.41, 5.74) is 1.88. The Morgan fingerprint density at radius 1 is 1.35 bits per heavy atom. The molecular formula is C16H24N2O2. The zero-order valence-corrected chi connectivity index (χ0v) is 12.7. The Morgan fingerprint density at radius 3 is 2.75 bits per heavy atom. The maximum absolute atomic E-state index is 11.4. The average molecular weight is 276 g/mol. The van der Waals surface area contributed by atoms with Crippen LogP contribution in [0.1, 0.15) is 31.9 Å². The van der Waals surface area contributed by atoms with Gasteiger partial charge in [-0.25, -0.2) is 4.79 Å². The summed E-state index contributed by atoms with van der Waals surface area (Å²) in [7, 11) is 1.92. The Hall–Kier alpha value is -1.81. The molecule has 0 radical (unpaired) electrons. The molecule has 0 aliphatic carbocycles. The first kappa shape index (κ1) is 16.2. The number of alkyl carbamates (subject to hydrolysis) is 1. The lowest BCUT2D eigenvalue weighted by Crippen LogP contribution is -2.32. The molecule has 0 heterocycles. The lowest BCUT2D eigenvalue weighted by molar-refractivity contribution is 0.0534. The maximum Gasteiger partial charge on any atom is 0.407 e. The molecule has 0 saturated heterocycles. The molecule has 1 amide bonds. The molecule has 4 heteroatoms. The summed E-state index contributed by atoms with van der Waals surface area (Å²) in [6, 6.07) is 8.24. The molecule has 0 saturated carbocycles. The van der Waals surface area contributed by atoms with Gasteiger partial charge >= 0.3 is 6.09 Å². The topological polar surface area (TPSA) is 50.4 Å². The first-order valence-corrected chi connectivity index (χ1v) is 6.77. The van der Waals surface area contributed by atoms with Crippen LogP contribution in [-0.4, -0.2) is 25.3 Å². The Bertz CT molecular complexity index is 462. The highest BCUT2D eigenvalue weighted by Gasteiger charge is 2.14. The zero-order chi connectivity index (χ0) is 15.0. The van der Waals surface area contributed by atoms with E-state index in [1.54, 1.807) is 0 Å². The molecule has 0 aliphatic rings. The second-order valence-corrected chi connectivity index (χ2v) is 5.56. The fourth-order valence-corrected chi connectivity index (χ4v) is 1.66. The van der Waals surface area contributed by atoms with Gasteiger partial charge < -0.3 is 15.4 Å². The van der Waals surface area contributed by atoms with Crippen molar-refractivity contribution in [2.24, 2.45) is 0 Å². The lowest BCUT2D eigenvalue weighted by Gasteiger charge is -2.19. The SMILES string of the molecule is CNCc1cccc(C=CCNC(=O)OC(C)(C)C)c1. The summed E-state index contributed by atoms with van der Waals surface area (Å²) in [5, 5.41) is 5.81. The number of hydrogen-bond acceptors (Lipinski definition) is 3. The van der Waals surface area contributed by atoms with E-state index in [1.165, 1.54) is 5.56 Å². The van der Waals surface area contributed by atoms with Crippen molar-refractivity contribution in [1.29, 1.82) is 0 Å². The second-order valence-electron chi connectivity index (χ2n) is 5.56. The average Bonchev–Trinajstić information content (AvgIpc) is 2.33. The van der Waals surface area contributed by atoms with Gasteiger partial charge in [0.05, 0.1) is 0 Å². The molecule has 0 unspecified atom stereocenters. The molecule has 0 spiro atoms. The summed E-state index contributed by atoms with van der Waals surface area (Å²) in [5.74, 6) is 0. The first-order valence-electron chi connectivity index (χ1n) is 6.77. The van der Waals surface area contributed by atoms with E-state index in [9.17, 15) is 4.79 Å². The molecule has 20 heavy (non-hydrogen) atoms.